The molecule has 0 aliphatic carbocycles. The first kappa shape index (κ1) is 16.4. The summed E-state index contributed by atoms with van der Waals surface area (Å²) in [6.45, 7) is 10.0. The van der Waals surface area contributed by atoms with Crippen LogP contribution in [-0.4, -0.2) is 40.4 Å². The molecule has 1 atom stereocenters. The maximum Gasteiger partial charge on any atom is 0.288 e. The summed E-state index contributed by atoms with van der Waals surface area (Å²) < 4.78 is 0. The number of carbonyl (C=O) groups is 2. The van der Waals surface area contributed by atoms with Gasteiger partial charge in [0.15, 0.2) is 0 Å². The Morgan fingerprint density at radius 2 is 2.00 bits per heavy atom. The number of benzene rings is 1. The summed E-state index contributed by atoms with van der Waals surface area (Å²) in [6, 6.07) is 6.62. The number of thioether (sulfide) groups is 1. The van der Waals surface area contributed by atoms with Crippen LogP contribution in [0.2, 0.25) is 0 Å². The summed E-state index contributed by atoms with van der Waals surface area (Å²) in [5, 5.41) is -0.109. The van der Waals surface area contributed by atoms with Crippen LogP contribution in [0.25, 0.3) is 0 Å². The van der Waals surface area contributed by atoms with Crippen LogP contribution in [0, 0.1) is 6.92 Å². The molecule has 1 aromatic rings. The van der Waals surface area contributed by atoms with E-state index in [9.17, 15) is 9.59 Å². The smallest absolute Gasteiger partial charge is 0.288 e. The minimum absolute atomic E-state index is 0.0131. The molecule has 0 bridgehead atoms. The number of hydrogen-bond acceptors (Lipinski definition) is 4. The van der Waals surface area contributed by atoms with Crippen molar-refractivity contribution in [2.24, 2.45) is 0 Å². The zero-order valence-electron chi connectivity index (χ0n) is 14.3. The normalized spacial score (nSPS) is 23.4. The number of amides is 2. The molecule has 4 nitrogen and oxygen atoms in total. The van der Waals surface area contributed by atoms with E-state index in [1.165, 1.54) is 21.7 Å². The molecule has 2 aliphatic heterocycles. The fourth-order valence-corrected chi connectivity index (χ4v) is 4.57. The van der Waals surface area contributed by atoms with E-state index >= 15 is 0 Å². The number of fused-ring (bicyclic) bond motifs is 1. The third-order valence-electron chi connectivity index (χ3n) is 4.93. The summed E-state index contributed by atoms with van der Waals surface area (Å²) in [5.74, 6) is 0.740. The first-order chi connectivity index (χ1) is 10.8. The molecule has 1 aromatic carbocycles. The van der Waals surface area contributed by atoms with E-state index < -0.39 is 0 Å². The monoisotopic (exact) mass is 332 g/mol. The molecule has 5 heteroatoms. The number of hydrogen-bond donors (Lipinski definition) is 0. The maximum atomic E-state index is 11.8. The lowest BCUT2D eigenvalue weighted by Crippen LogP contribution is -2.51. The van der Waals surface area contributed by atoms with E-state index in [0.717, 1.165) is 18.2 Å². The second-order valence-corrected chi connectivity index (χ2v) is 8.16. The predicted molar refractivity (Wildman–Crippen MR) is 95.2 cm³/mol. The molecule has 2 aliphatic rings. The van der Waals surface area contributed by atoms with Gasteiger partial charge >= 0.3 is 0 Å². The average molecular weight is 332 g/mol. The number of aryl methyl sites for hydroxylation is 1. The Bertz CT molecular complexity index is 640. The zero-order valence-corrected chi connectivity index (χ0v) is 15.1. The van der Waals surface area contributed by atoms with Gasteiger partial charge in [-0.25, -0.2) is 0 Å². The summed E-state index contributed by atoms with van der Waals surface area (Å²) in [7, 11) is 0. The lowest BCUT2D eigenvalue weighted by molar-refractivity contribution is -0.124. The SMILES string of the molecule is Cc1ccc2c(c1)N(CCN1C(=O)CSC1=O)C(C)(C)CC2C. The molecule has 0 aromatic heterocycles. The van der Waals surface area contributed by atoms with Crippen LogP contribution >= 0.6 is 11.8 Å². The first-order valence-electron chi connectivity index (χ1n) is 8.15. The quantitative estimate of drug-likeness (QED) is 0.844. The highest BCUT2D eigenvalue weighted by molar-refractivity contribution is 8.14. The van der Waals surface area contributed by atoms with Gasteiger partial charge in [0.1, 0.15) is 0 Å². The van der Waals surface area contributed by atoms with Gasteiger partial charge in [-0.3, -0.25) is 14.5 Å². The van der Waals surface area contributed by atoms with Gasteiger partial charge in [0, 0.05) is 24.3 Å². The van der Waals surface area contributed by atoms with Gasteiger partial charge in [-0.05, 0) is 50.3 Å². The highest BCUT2D eigenvalue weighted by Crippen LogP contribution is 2.43. The number of anilines is 1. The fourth-order valence-electron chi connectivity index (χ4n) is 3.82. The molecule has 2 heterocycles. The molecule has 0 N–H and O–H groups in total. The van der Waals surface area contributed by atoms with Crippen molar-refractivity contribution in [3.8, 4) is 0 Å². The number of imide groups is 1. The topological polar surface area (TPSA) is 40.6 Å². The van der Waals surface area contributed by atoms with E-state index in [2.05, 4.69) is 50.8 Å². The Kier molecular flexibility index (Phi) is 4.17. The molecule has 0 radical (unpaired) electrons. The van der Waals surface area contributed by atoms with Crippen LogP contribution in [-0.2, 0) is 4.79 Å². The van der Waals surface area contributed by atoms with E-state index in [1.807, 2.05) is 0 Å². The second-order valence-electron chi connectivity index (χ2n) is 7.23. The summed E-state index contributed by atoms with van der Waals surface area (Å²) in [4.78, 5) is 27.4. The second kappa shape index (κ2) is 5.86. The molecular weight excluding hydrogens is 308 g/mol. The third-order valence-corrected chi connectivity index (χ3v) is 5.79. The summed E-state index contributed by atoms with van der Waals surface area (Å²) in [6.07, 6.45) is 1.07. The van der Waals surface area contributed by atoms with Gasteiger partial charge in [-0.2, -0.15) is 0 Å². The lowest BCUT2D eigenvalue weighted by atomic mass is 9.79. The van der Waals surface area contributed by atoms with E-state index in [4.69, 9.17) is 0 Å². The van der Waals surface area contributed by atoms with Crippen molar-refractivity contribution in [3.63, 3.8) is 0 Å². The van der Waals surface area contributed by atoms with E-state index in [-0.39, 0.29) is 22.4 Å². The van der Waals surface area contributed by atoms with Gasteiger partial charge in [0.05, 0.1) is 5.75 Å². The standard InChI is InChI=1S/C18H24N2O2S/c1-12-5-6-14-13(2)10-18(3,4)20(15(14)9-12)8-7-19-16(21)11-23-17(19)22/h5-6,9,13H,7-8,10-11H2,1-4H3. The van der Waals surface area contributed by atoms with Crippen molar-refractivity contribution in [1.82, 2.24) is 4.90 Å². The predicted octanol–water partition coefficient (Wildman–Crippen LogP) is 3.78. The molecular formula is C18H24N2O2S. The van der Waals surface area contributed by atoms with Crippen LogP contribution in [0.4, 0.5) is 10.5 Å². The molecule has 2 amide bonds. The van der Waals surface area contributed by atoms with Crippen LogP contribution in [0.5, 0.6) is 0 Å². The Labute approximate surface area is 142 Å². The molecule has 124 valence electrons. The van der Waals surface area contributed by atoms with Crippen molar-refractivity contribution >= 4 is 28.6 Å². The Morgan fingerprint density at radius 1 is 1.26 bits per heavy atom. The van der Waals surface area contributed by atoms with E-state index in [1.54, 1.807) is 0 Å². The van der Waals surface area contributed by atoms with Crippen molar-refractivity contribution in [2.75, 3.05) is 23.7 Å². The minimum Gasteiger partial charge on any atom is -0.364 e. The first-order valence-corrected chi connectivity index (χ1v) is 9.13. The van der Waals surface area contributed by atoms with Crippen LogP contribution < -0.4 is 4.90 Å². The summed E-state index contributed by atoms with van der Waals surface area (Å²) in [5.41, 5.74) is 3.87. The largest absolute Gasteiger partial charge is 0.364 e. The van der Waals surface area contributed by atoms with Gasteiger partial charge in [-0.15, -0.1) is 0 Å². The molecule has 1 saturated heterocycles. The highest BCUT2D eigenvalue weighted by atomic mass is 32.2. The number of rotatable bonds is 3. The zero-order chi connectivity index (χ0) is 16.8. The molecule has 0 saturated carbocycles. The Hall–Kier alpha value is -1.49. The van der Waals surface area contributed by atoms with Gasteiger partial charge in [0.25, 0.3) is 5.24 Å². The van der Waals surface area contributed by atoms with Crippen molar-refractivity contribution < 1.29 is 9.59 Å². The van der Waals surface area contributed by atoms with Gasteiger partial charge in [0.2, 0.25) is 5.91 Å². The average Bonchev–Trinajstić information content (AvgIpc) is 2.77. The number of carbonyl (C=O) groups excluding carboxylic acids is 2. The Morgan fingerprint density at radius 3 is 2.65 bits per heavy atom. The van der Waals surface area contributed by atoms with E-state index in [0.29, 0.717) is 19.0 Å². The van der Waals surface area contributed by atoms with Crippen LogP contribution in [0.15, 0.2) is 18.2 Å². The van der Waals surface area contributed by atoms with Crippen LogP contribution in [0.1, 0.15) is 44.2 Å². The molecule has 1 fully saturated rings. The van der Waals surface area contributed by atoms with Crippen molar-refractivity contribution in [1.29, 1.82) is 0 Å². The minimum atomic E-state index is -0.109. The van der Waals surface area contributed by atoms with Crippen LogP contribution in [0.3, 0.4) is 0 Å². The third kappa shape index (κ3) is 2.99. The Balaban J connectivity index is 1.87. The fraction of sp³-hybridized carbons (Fsp3) is 0.556. The molecule has 1 unspecified atom stereocenters. The van der Waals surface area contributed by atoms with Crippen molar-refractivity contribution in [2.45, 2.75) is 45.6 Å². The number of nitrogens with zero attached hydrogens (tertiary/aromatic N) is 2. The van der Waals surface area contributed by atoms with Gasteiger partial charge < -0.3 is 4.90 Å². The molecule has 23 heavy (non-hydrogen) atoms. The lowest BCUT2D eigenvalue weighted by Gasteiger charge is -2.48. The molecule has 0 spiro atoms. The van der Waals surface area contributed by atoms with Gasteiger partial charge in [-0.1, -0.05) is 30.8 Å². The summed E-state index contributed by atoms with van der Waals surface area (Å²) >= 11 is 1.11. The maximum absolute atomic E-state index is 11.8. The molecule has 3 rings (SSSR count). The highest BCUT2D eigenvalue weighted by Gasteiger charge is 2.37. The van der Waals surface area contributed by atoms with Crippen molar-refractivity contribution in [3.05, 3.63) is 29.3 Å².